The lowest BCUT2D eigenvalue weighted by molar-refractivity contribution is -0.133. The van der Waals surface area contributed by atoms with E-state index in [1.165, 1.54) is 5.56 Å². The SMILES string of the molecule is NC[C@]1(c2cccc(Cl)c2)CC[C@H](C2CCN(Cc3ccnnc3)C2=O)CC1. The Morgan fingerprint density at radius 2 is 2.00 bits per heavy atom. The van der Waals surface area contributed by atoms with Gasteiger partial charge in [0.25, 0.3) is 0 Å². The maximum atomic E-state index is 13.0. The molecule has 1 aliphatic heterocycles. The third-order valence-electron chi connectivity index (χ3n) is 6.74. The fraction of sp³-hybridized carbons (Fsp3) is 0.500. The van der Waals surface area contributed by atoms with Gasteiger partial charge in [0.1, 0.15) is 0 Å². The second-order valence-electron chi connectivity index (χ2n) is 8.24. The van der Waals surface area contributed by atoms with Crippen molar-refractivity contribution in [2.24, 2.45) is 17.6 Å². The van der Waals surface area contributed by atoms with Gasteiger partial charge in [-0.2, -0.15) is 10.2 Å². The van der Waals surface area contributed by atoms with Gasteiger partial charge in [0, 0.05) is 42.2 Å². The van der Waals surface area contributed by atoms with Gasteiger partial charge in [-0.15, -0.1) is 0 Å². The number of carbonyl (C=O) groups excluding carboxylic acids is 1. The van der Waals surface area contributed by atoms with Crippen LogP contribution in [0, 0.1) is 11.8 Å². The minimum atomic E-state index is -0.00849. The van der Waals surface area contributed by atoms with Crippen molar-refractivity contribution in [2.45, 2.75) is 44.1 Å². The monoisotopic (exact) mass is 398 g/mol. The Morgan fingerprint density at radius 1 is 1.18 bits per heavy atom. The lowest BCUT2D eigenvalue weighted by Crippen LogP contribution is -2.41. The predicted molar refractivity (Wildman–Crippen MR) is 110 cm³/mol. The summed E-state index contributed by atoms with van der Waals surface area (Å²) >= 11 is 6.22. The highest BCUT2D eigenvalue weighted by atomic mass is 35.5. The van der Waals surface area contributed by atoms with Crippen molar-refractivity contribution < 1.29 is 4.79 Å². The molecule has 2 aliphatic rings. The first-order valence-corrected chi connectivity index (χ1v) is 10.5. The molecule has 0 bridgehead atoms. The van der Waals surface area contributed by atoms with E-state index in [-0.39, 0.29) is 11.3 Å². The van der Waals surface area contributed by atoms with Crippen LogP contribution in [0.1, 0.15) is 43.2 Å². The Bertz CT molecular complexity index is 820. The lowest BCUT2D eigenvalue weighted by atomic mass is 9.64. The molecule has 1 amide bonds. The maximum Gasteiger partial charge on any atom is 0.226 e. The highest BCUT2D eigenvalue weighted by Crippen LogP contribution is 2.45. The molecule has 1 aromatic heterocycles. The molecular weight excluding hydrogens is 372 g/mol. The fourth-order valence-corrected chi connectivity index (χ4v) is 5.20. The van der Waals surface area contributed by atoms with Crippen molar-refractivity contribution >= 4 is 17.5 Å². The normalized spacial score (nSPS) is 27.9. The third-order valence-corrected chi connectivity index (χ3v) is 6.98. The fourth-order valence-electron chi connectivity index (χ4n) is 5.01. The number of halogens is 1. The van der Waals surface area contributed by atoms with Crippen LogP contribution in [0.4, 0.5) is 0 Å². The number of nitrogens with zero attached hydrogens (tertiary/aromatic N) is 3. The number of carbonyl (C=O) groups is 1. The zero-order valence-electron chi connectivity index (χ0n) is 16.1. The van der Waals surface area contributed by atoms with Gasteiger partial charge in [-0.3, -0.25) is 4.79 Å². The molecule has 1 saturated carbocycles. The molecule has 1 unspecified atom stereocenters. The Hall–Kier alpha value is -1.98. The van der Waals surface area contributed by atoms with E-state index >= 15 is 0 Å². The Kier molecular flexibility index (Phi) is 5.65. The topological polar surface area (TPSA) is 72.1 Å². The molecule has 148 valence electrons. The van der Waals surface area contributed by atoms with Crippen molar-refractivity contribution in [1.29, 1.82) is 0 Å². The zero-order chi connectivity index (χ0) is 19.6. The molecule has 28 heavy (non-hydrogen) atoms. The number of nitrogens with two attached hydrogens (primary N) is 1. The first kappa shape index (κ1) is 19.3. The summed E-state index contributed by atoms with van der Waals surface area (Å²) in [6, 6.07) is 10.0. The van der Waals surface area contributed by atoms with E-state index in [0.29, 0.717) is 24.9 Å². The maximum absolute atomic E-state index is 13.0. The van der Waals surface area contributed by atoms with Crippen molar-refractivity contribution in [3.63, 3.8) is 0 Å². The molecule has 1 aliphatic carbocycles. The summed E-state index contributed by atoms with van der Waals surface area (Å²) in [5.41, 5.74) is 8.50. The Labute approximate surface area is 171 Å². The largest absolute Gasteiger partial charge is 0.338 e. The Balaban J connectivity index is 1.40. The number of benzene rings is 1. The quantitative estimate of drug-likeness (QED) is 0.835. The summed E-state index contributed by atoms with van der Waals surface area (Å²) in [5.74, 6) is 0.890. The number of hydrogen-bond acceptors (Lipinski definition) is 4. The van der Waals surface area contributed by atoms with E-state index in [0.717, 1.165) is 49.2 Å². The smallest absolute Gasteiger partial charge is 0.226 e. The van der Waals surface area contributed by atoms with E-state index in [1.54, 1.807) is 12.4 Å². The highest BCUT2D eigenvalue weighted by Gasteiger charge is 2.42. The molecule has 1 aromatic carbocycles. The van der Waals surface area contributed by atoms with Gasteiger partial charge in [-0.05, 0) is 67.3 Å². The molecule has 0 radical (unpaired) electrons. The standard InChI is InChI=1S/C22H27ClN4O/c23-19-3-1-2-18(12-19)22(15-24)8-4-17(5-9-22)20-7-11-27(21(20)28)14-16-6-10-25-26-13-16/h1-3,6,10,12-13,17,20H,4-5,7-9,11,14-15,24H2/t17-,20?,22-. The summed E-state index contributed by atoms with van der Waals surface area (Å²) in [4.78, 5) is 15.0. The van der Waals surface area contributed by atoms with Crippen LogP contribution >= 0.6 is 11.6 Å². The van der Waals surface area contributed by atoms with E-state index in [9.17, 15) is 4.79 Å². The molecule has 0 spiro atoms. The molecule has 2 fully saturated rings. The molecule has 4 rings (SSSR count). The van der Waals surface area contributed by atoms with E-state index in [2.05, 4.69) is 22.3 Å². The number of amides is 1. The van der Waals surface area contributed by atoms with Gasteiger partial charge in [0.05, 0.1) is 6.20 Å². The van der Waals surface area contributed by atoms with Crippen molar-refractivity contribution in [2.75, 3.05) is 13.1 Å². The molecule has 2 N–H and O–H groups in total. The van der Waals surface area contributed by atoms with Gasteiger partial charge in [0.2, 0.25) is 5.91 Å². The molecular formula is C22H27ClN4O. The van der Waals surface area contributed by atoms with Crippen LogP contribution in [-0.4, -0.2) is 34.1 Å². The molecule has 1 atom stereocenters. The van der Waals surface area contributed by atoms with Crippen LogP contribution < -0.4 is 5.73 Å². The molecule has 5 nitrogen and oxygen atoms in total. The summed E-state index contributed by atoms with van der Waals surface area (Å²) in [6.07, 6.45) is 8.50. The summed E-state index contributed by atoms with van der Waals surface area (Å²) in [6.45, 7) is 2.09. The molecule has 2 heterocycles. The van der Waals surface area contributed by atoms with Crippen molar-refractivity contribution in [1.82, 2.24) is 15.1 Å². The molecule has 2 aromatic rings. The first-order valence-electron chi connectivity index (χ1n) is 10.1. The van der Waals surface area contributed by atoms with Gasteiger partial charge >= 0.3 is 0 Å². The van der Waals surface area contributed by atoms with Crippen LogP contribution in [0.2, 0.25) is 5.02 Å². The average Bonchev–Trinajstić information content (AvgIpc) is 3.09. The van der Waals surface area contributed by atoms with Crippen LogP contribution in [0.5, 0.6) is 0 Å². The van der Waals surface area contributed by atoms with Crippen LogP contribution in [-0.2, 0) is 16.8 Å². The van der Waals surface area contributed by atoms with Crippen LogP contribution in [0.25, 0.3) is 0 Å². The number of hydrogen-bond donors (Lipinski definition) is 1. The van der Waals surface area contributed by atoms with Gasteiger partial charge in [-0.25, -0.2) is 0 Å². The number of rotatable bonds is 5. The minimum Gasteiger partial charge on any atom is -0.338 e. The zero-order valence-corrected chi connectivity index (χ0v) is 16.8. The van der Waals surface area contributed by atoms with Crippen molar-refractivity contribution in [3.05, 3.63) is 58.9 Å². The number of aromatic nitrogens is 2. The number of likely N-dealkylation sites (tertiary alicyclic amines) is 1. The van der Waals surface area contributed by atoms with E-state index in [1.807, 2.05) is 23.1 Å². The van der Waals surface area contributed by atoms with E-state index in [4.69, 9.17) is 17.3 Å². The molecule has 1 saturated heterocycles. The predicted octanol–water partition coefficient (Wildman–Crippen LogP) is 3.57. The van der Waals surface area contributed by atoms with Gasteiger partial charge in [0.15, 0.2) is 0 Å². The average molecular weight is 399 g/mol. The first-order chi connectivity index (χ1) is 13.6. The van der Waals surface area contributed by atoms with Gasteiger partial charge < -0.3 is 10.6 Å². The Morgan fingerprint density at radius 3 is 2.68 bits per heavy atom. The third kappa shape index (κ3) is 3.78. The van der Waals surface area contributed by atoms with Crippen molar-refractivity contribution in [3.8, 4) is 0 Å². The summed E-state index contributed by atoms with van der Waals surface area (Å²) in [5, 5.41) is 8.48. The second kappa shape index (κ2) is 8.18. The lowest BCUT2D eigenvalue weighted by Gasteiger charge is -2.41. The van der Waals surface area contributed by atoms with Crippen LogP contribution in [0.15, 0.2) is 42.7 Å². The molecule has 6 heteroatoms. The summed E-state index contributed by atoms with van der Waals surface area (Å²) < 4.78 is 0. The minimum absolute atomic E-state index is 0.00849. The van der Waals surface area contributed by atoms with E-state index < -0.39 is 0 Å². The summed E-state index contributed by atoms with van der Waals surface area (Å²) in [7, 11) is 0. The second-order valence-corrected chi connectivity index (χ2v) is 8.67. The van der Waals surface area contributed by atoms with Gasteiger partial charge in [-0.1, -0.05) is 23.7 Å². The van der Waals surface area contributed by atoms with Crippen LogP contribution in [0.3, 0.4) is 0 Å². The highest BCUT2D eigenvalue weighted by molar-refractivity contribution is 6.30.